The number of nitrogens with one attached hydrogen (secondary N) is 1. The topological polar surface area (TPSA) is 108 Å². The number of carbonyl (C=O) groups is 2. The monoisotopic (exact) mass is 308 g/mol. The summed E-state index contributed by atoms with van der Waals surface area (Å²) in [6, 6.07) is 3.53. The Hall–Kier alpha value is -2.90. The number of nitrogens with zero attached hydrogens (tertiary/aromatic N) is 1. The first-order valence-corrected chi connectivity index (χ1v) is 6.32. The lowest BCUT2D eigenvalue weighted by atomic mass is 10.1. The molecular formula is C14H16N2O6. The van der Waals surface area contributed by atoms with Crippen LogP contribution in [0.25, 0.3) is 0 Å². The van der Waals surface area contributed by atoms with Gasteiger partial charge in [-0.15, -0.1) is 6.58 Å². The number of methoxy groups -OCH3 is 1. The third kappa shape index (κ3) is 4.30. The first-order valence-electron chi connectivity index (χ1n) is 6.32. The molecule has 1 N–H and O–H groups in total. The number of amides is 1. The summed E-state index contributed by atoms with van der Waals surface area (Å²) in [5.41, 5.74) is -0.406. The third-order valence-corrected chi connectivity index (χ3v) is 2.69. The first-order chi connectivity index (χ1) is 10.4. The highest BCUT2D eigenvalue weighted by molar-refractivity contribution is 5.95. The molecule has 1 atom stereocenters. The molecule has 0 unspecified atom stereocenters. The molecule has 0 heterocycles. The van der Waals surface area contributed by atoms with Gasteiger partial charge in [-0.2, -0.15) is 0 Å². The van der Waals surface area contributed by atoms with E-state index in [1.54, 1.807) is 0 Å². The zero-order chi connectivity index (χ0) is 16.7. The largest absolute Gasteiger partial charge is 0.496 e. The Balaban J connectivity index is 2.92. The summed E-state index contributed by atoms with van der Waals surface area (Å²) in [4.78, 5) is 33.8. The van der Waals surface area contributed by atoms with E-state index >= 15 is 0 Å². The van der Waals surface area contributed by atoms with E-state index in [0.717, 1.165) is 6.07 Å². The number of hydrogen-bond acceptors (Lipinski definition) is 6. The van der Waals surface area contributed by atoms with Gasteiger partial charge in [0.05, 0.1) is 12.0 Å². The van der Waals surface area contributed by atoms with Crippen molar-refractivity contribution in [1.82, 2.24) is 5.32 Å². The van der Waals surface area contributed by atoms with Crippen LogP contribution in [0.3, 0.4) is 0 Å². The Morgan fingerprint density at radius 1 is 1.50 bits per heavy atom. The predicted octanol–water partition coefficient (Wildman–Crippen LogP) is 1.45. The zero-order valence-corrected chi connectivity index (χ0v) is 12.2. The summed E-state index contributed by atoms with van der Waals surface area (Å²) in [5, 5.41) is 13.2. The fourth-order valence-corrected chi connectivity index (χ4v) is 1.56. The van der Waals surface area contributed by atoms with Crippen molar-refractivity contribution in [2.24, 2.45) is 0 Å². The van der Waals surface area contributed by atoms with Crippen molar-refractivity contribution >= 4 is 17.6 Å². The Morgan fingerprint density at radius 3 is 2.73 bits per heavy atom. The normalized spacial score (nSPS) is 11.2. The molecule has 0 saturated carbocycles. The molecule has 1 amide bonds. The van der Waals surface area contributed by atoms with E-state index in [4.69, 9.17) is 9.47 Å². The standard InChI is InChI=1S/C14H16N2O6/c1-4-7-15-13(17)9(2)22-14(18)11-8-10(16(19)20)5-6-12(11)21-3/h4-6,8-9H,1,7H2,2-3H3,(H,15,17)/t9-/m0/s1. The Labute approximate surface area is 126 Å². The molecule has 8 nitrogen and oxygen atoms in total. The quantitative estimate of drug-likeness (QED) is 0.353. The summed E-state index contributed by atoms with van der Waals surface area (Å²) in [7, 11) is 1.32. The molecule has 0 aliphatic carbocycles. The average molecular weight is 308 g/mol. The molecule has 0 fully saturated rings. The van der Waals surface area contributed by atoms with Crippen molar-refractivity contribution in [3.8, 4) is 5.75 Å². The number of hydrogen-bond donors (Lipinski definition) is 1. The summed E-state index contributed by atoms with van der Waals surface area (Å²) in [6.07, 6.45) is 0.423. The molecule has 1 aromatic carbocycles. The van der Waals surface area contributed by atoms with E-state index in [9.17, 15) is 19.7 Å². The maximum Gasteiger partial charge on any atom is 0.342 e. The van der Waals surface area contributed by atoms with Gasteiger partial charge >= 0.3 is 5.97 Å². The van der Waals surface area contributed by atoms with Gasteiger partial charge in [0, 0.05) is 18.7 Å². The first kappa shape index (κ1) is 17.2. The number of nitro groups is 1. The second-order valence-corrected chi connectivity index (χ2v) is 4.22. The highest BCUT2D eigenvalue weighted by Crippen LogP contribution is 2.25. The lowest BCUT2D eigenvalue weighted by molar-refractivity contribution is -0.384. The van der Waals surface area contributed by atoms with Crippen LogP contribution in [0.4, 0.5) is 5.69 Å². The van der Waals surface area contributed by atoms with Crippen molar-refractivity contribution in [2.75, 3.05) is 13.7 Å². The average Bonchev–Trinajstić information content (AvgIpc) is 2.51. The highest BCUT2D eigenvalue weighted by Gasteiger charge is 2.23. The molecule has 0 saturated heterocycles. The van der Waals surface area contributed by atoms with E-state index in [0.29, 0.717) is 0 Å². The predicted molar refractivity (Wildman–Crippen MR) is 77.7 cm³/mol. The summed E-state index contributed by atoms with van der Waals surface area (Å²) in [5.74, 6) is -1.27. The second-order valence-electron chi connectivity index (χ2n) is 4.22. The van der Waals surface area contributed by atoms with Crippen molar-refractivity contribution in [2.45, 2.75) is 13.0 Å². The number of non-ortho nitro benzene ring substituents is 1. The van der Waals surface area contributed by atoms with Crippen molar-refractivity contribution in [1.29, 1.82) is 0 Å². The van der Waals surface area contributed by atoms with Gasteiger partial charge in [0.25, 0.3) is 11.6 Å². The zero-order valence-electron chi connectivity index (χ0n) is 12.2. The maximum atomic E-state index is 12.1. The molecule has 118 valence electrons. The van der Waals surface area contributed by atoms with Crippen LogP contribution < -0.4 is 10.1 Å². The van der Waals surface area contributed by atoms with Crippen molar-refractivity contribution < 1.29 is 24.0 Å². The molecule has 0 aliphatic heterocycles. The van der Waals surface area contributed by atoms with E-state index in [-0.39, 0.29) is 23.5 Å². The summed E-state index contributed by atoms with van der Waals surface area (Å²) >= 11 is 0. The second kappa shape index (κ2) is 7.77. The van der Waals surface area contributed by atoms with Crippen molar-refractivity contribution in [3.63, 3.8) is 0 Å². The van der Waals surface area contributed by atoms with Crippen LogP contribution in [0.5, 0.6) is 5.75 Å². The molecule has 0 radical (unpaired) electrons. The van der Waals surface area contributed by atoms with Crippen LogP contribution in [0, 0.1) is 10.1 Å². The van der Waals surface area contributed by atoms with Gasteiger partial charge in [-0.25, -0.2) is 4.79 Å². The Bertz CT molecular complexity index is 599. The van der Waals surface area contributed by atoms with Crippen LogP contribution in [0.1, 0.15) is 17.3 Å². The Morgan fingerprint density at radius 2 is 2.18 bits per heavy atom. The lowest BCUT2D eigenvalue weighted by Gasteiger charge is -2.14. The fraction of sp³-hybridized carbons (Fsp3) is 0.286. The van der Waals surface area contributed by atoms with E-state index in [1.165, 1.54) is 32.2 Å². The van der Waals surface area contributed by atoms with Crippen LogP contribution >= 0.6 is 0 Å². The minimum absolute atomic E-state index is 0.120. The minimum atomic E-state index is -1.06. The molecule has 0 aliphatic rings. The highest BCUT2D eigenvalue weighted by atomic mass is 16.6. The summed E-state index contributed by atoms with van der Waals surface area (Å²) in [6.45, 7) is 5.07. The van der Waals surface area contributed by atoms with Gasteiger partial charge in [0.15, 0.2) is 6.10 Å². The number of rotatable bonds is 7. The molecule has 0 bridgehead atoms. The molecule has 1 rings (SSSR count). The number of ether oxygens (including phenoxy) is 2. The molecule has 0 aromatic heterocycles. The van der Waals surface area contributed by atoms with Crippen molar-refractivity contribution in [3.05, 3.63) is 46.5 Å². The third-order valence-electron chi connectivity index (χ3n) is 2.69. The molecular weight excluding hydrogens is 292 g/mol. The molecule has 22 heavy (non-hydrogen) atoms. The van der Waals surface area contributed by atoms with Crippen LogP contribution in [-0.4, -0.2) is 36.6 Å². The molecule has 1 aromatic rings. The molecule has 8 heteroatoms. The molecule has 0 spiro atoms. The fourth-order valence-electron chi connectivity index (χ4n) is 1.56. The Kier molecular flexibility index (Phi) is 6.06. The number of benzene rings is 1. The summed E-state index contributed by atoms with van der Waals surface area (Å²) < 4.78 is 9.96. The smallest absolute Gasteiger partial charge is 0.342 e. The SMILES string of the molecule is C=CCNC(=O)[C@H](C)OC(=O)c1cc([N+](=O)[O-])ccc1OC. The maximum absolute atomic E-state index is 12.1. The van der Waals surface area contributed by atoms with Crippen LogP contribution in [0.15, 0.2) is 30.9 Å². The number of carbonyl (C=O) groups excluding carboxylic acids is 2. The van der Waals surface area contributed by atoms with Gasteiger partial charge in [-0.1, -0.05) is 6.08 Å². The van der Waals surface area contributed by atoms with Gasteiger partial charge < -0.3 is 14.8 Å². The van der Waals surface area contributed by atoms with Crippen LogP contribution in [0.2, 0.25) is 0 Å². The minimum Gasteiger partial charge on any atom is -0.496 e. The lowest BCUT2D eigenvalue weighted by Crippen LogP contribution is -2.35. The number of esters is 1. The van der Waals surface area contributed by atoms with Gasteiger partial charge in [0.2, 0.25) is 0 Å². The van der Waals surface area contributed by atoms with E-state index < -0.39 is 22.9 Å². The van der Waals surface area contributed by atoms with Gasteiger partial charge in [-0.05, 0) is 13.0 Å². The van der Waals surface area contributed by atoms with Crippen LogP contribution in [-0.2, 0) is 9.53 Å². The van der Waals surface area contributed by atoms with Gasteiger partial charge in [0.1, 0.15) is 11.3 Å². The number of nitro benzene ring substituents is 1. The van der Waals surface area contributed by atoms with E-state index in [2.05, 4.69) is 11.9 Å². The van der Waals surface area contributed by atoms with Gasteiger partial charge in [-0.3, -0.25) is 14.9 Å². The van der Waals surface area contributed by atoms with E-state index in [1.807, 2.05) is 0 Å².